The van der Waals surface area contributed by atoms with Crippen LogP contribution in [0.5, 0.6) is 0 Å². The number of hydrogen-bond donors (Lipinski definition) is 2. The highest BCUT2D eigenvalue weighted by Gasteiger charge is 2.18. The minimum atomic E-state index is -3.64. The first-order valence-electron chi connectivity index (χ1n) is 5.17. The number of nitrogens with one attached hydrogen (secondary N) is 1. The molecule has 1 heterocycles. The lowest BCUT2D eigenvalue weighted by molar-refractivity contribution is 0.0702. The number of carboxylic acid groups (broad SMARTS) is 1. The number of carboxylic acids is 1. The third-order valence-corrected chi connectivity index (χ3v) is 5.09. The number of unbranched alkanes of at least 4 members (excludes halogenated alkanes) is 2. The van der Waals surface area contributed by atoms with E-state index in [2.05, 4.69) is 4.72 Å². The molecule has 0 radical (unpaired) electrons. The van der Waals surface area contributed by atoms with Crippen LogP contribution in [0, 0.1) is 11.3 Å². The average molecular weight is 288 g/mol. The number of thiophene rings is 1. The van der Waals surface area contributed by atoms with Gasteiger partial charge in [-0.1, -0.05) is 0 Å². The molecule has 1 aromatic rings. The molecule has 1 rings (SSSR count). The quantitative estimate of drug-likeness (QED) is 0.738. The Balaban J connectivity index is 2.58. The lowest BCUT2D eigenvalue weighted by atomic mass is 10.2. The molecule has 0 aromatic carbocycles. The topological polar surface area (TPSA) is 107 Å². The van der Waals surface area contributed by atoms with E-state index in [1.165, 1.54) is 12.1 Å². The summed E-state index contributed by atoms with van der Waals surface area (Å²) in [6.07, 6.45) is 1.59. The summed E-state index contributed by atoms with van der Waals surface area (Å²) in [5.41, 5.74) is 0. The van der Waals surface area contributed by atoms with Crippen molar-refractivity contribution in [1.29, 1.82) is 5.26 Å². The lowest BCUT2D eigenvalue weighted by Crippen LogP contribution is -2.23. The molecule has 0 aliphatic heterocycles. The summed E-state index contributed by atoms with van der Waals surface area (Å²) in [5, 5.41) is 17.0. The molecule has 98 valence electrons. The Hall–Kier alpha value is -1.43. The molecule has 0 aliphatic carbocycles. The Bertz CT molecular complexity index is 557. The van der Waals surface area contributed by atoms with E-state index in [0.717, 1.165) is 0 Å². The molecule has 1 aromatic heterocycles. The molecule has 0 saturated carbocycles. The zero-order chi connectivity index (χ0) is 13.6. The van der Waals surface area contributed by atoms with E-state index < -0.39 is 16.0 Å². The predicted octanol–water partition coefficient (Wildman–Crippen LogP) is 1.42. The normalized spacial score (nSPS) is 11.1. The second kappa shape index (κ2) is 6.49. The van der Waals surface area contributed by atoms with Crippen molar-refractivity contribution >= 4 is 27.3 Å². The molecule has 2 N–H and O–H groups in total. The van der Waals surface area contributed by atoms with E-state index in [1.807, 2.05) is 6.07 Å². The molecule has 0 unspecified atom stereocenters. The van der Waals surface area contributed by atoms with Crippen molar-refractivity contribution in [3.8, 4) is 6.07 Å². The molecule has 0 fully saturated rings. The first-order valence-corrected chi connectivity index (χ1v) is 7.47. The first kappa shape index (κ1) is 14.6. The Labute approximate surface area is 109 Å². The van der Waals surface area contributed by atoms with Gasteiger partial charge in [0.1, 0.15) is 9.09 Å². The second-order valence-corrected chi connectivity index (χ2v) is 6.51. The lowest BCUT2D eigenvalue weighted by Gasteiger charge is -2.03. The SMILES string of the molecule is N#CCCCCNS(=O)(=O)c1ccc(C(=O)O)s1. The second-order valence-electron chi connectivity index (χ2n) is 3.44. The minimum absolute atomic E-state index is 0.0137. The van der Waals surface area contributed by atoms with Crippen LogP contribution in [0.3, 0.4) is 0 Å². The van der Waals surface area contributed by atoms with Crippen molar-refractivity contribution in [2.24, 2.45) is 0 Å². The van der Waals surface area contributed by atoms with Gasteiger partial charge in [-0.25, -0.2) is 17.9 Å². The van der Waals surface area contributed by atoms with Gasteiger partial charge in [0.25, 0.3) is 0 Å². The highest BCUT2D eigenvalue weighted by molar-refractivity contribution is 7.91. The van der Waals surface area contributed by atoms with Gasteiger partial charge in [0.2, 0.25) is 10.0 Å². The van der Waals surface area contributed by atoms with Gasteiger partial charge < -0.3 is 5.11 Å². The number of hydrogen-bond acceptors (Lipinski definition) is 5. The summed E-state index contributed by atoms with van der Waals surface area (Å²) in [5.74, 6) is -1.14. The van der Waals surface area contributed by atoms with Crippen LogP contribution in [0.2, 0.25) is 0 Å². The van der Waals surface area contributed by atoms with Crippen LogP contribution in [-0.4, -0.2) is 26.0 Å². The van der Waals surface area contributed by atoms with E-state index in [4.69, 9.17) is 10.4 Å². The smallest absolute Gasteiger partial charge is 0.345 e. The Morgan fingerprint density at radius 1 is 1.44 bits per heavy atom. The van der Waals surface area contributed by atoms with Crippen molar-refractivity contribution < 1.29 is 18.3 Å². The molecule has 0 atom stereocenters. The van der Waals surface area contributed by atoms with Crippen LogP contribution in [-0.2, 0) is 10.0 Å². The van der Waals surface area contributed by atoms with Gasteiger partial charge in [-0.3, -0.25) is 0 Å². The molecule has 0 saturated heterocycles. The highest BCUT2D eigenvalue weighted by Crippen LogP contribution is 2.21. The third-order valence-electron chi connectivity index (χ3n) is 2.06. The number of aromatic carboxylic acids is 1. The molecular weight excluding hydrogens is 276 g/mol. The first-order chi connectivity index (χ1) is 8.47. The van der Waals surface area contributed by atoms with Crippen LogP contribution in [0.4, 0.5) is 0 Å². The molecule has 0 spiro atoms. The molecule has 18 heavy (non-hydrogen) atoms. The van der Waals surface area contributed by atoms with Crippen molar-refractivity contribution in [2.75, 3.05) is 6.54 Å². The number of rotatable bonds is 7. The maximum atomic E-state index is 11.7. The van der Waals surface area contributed by atoms with Crippen molar-refractivity contribution in [3.63, 3.8) is 0 Å². The Morgan fingerprint density at radius 2 is 2.17 bits per heavy atom. The largest absolute Gasteiger partial charge is 0.477 e. The number of nitriles is 1. The van der Waals surface area contributed by atoms with Gasteiger partial charge in [0.15, 0.2) is 0 Å². The summed E-state index contributed by atoms with van der Waals surface area (Å²) in [7, 11) is -3.64. The average Bonchev–Trinajstić information content (AvgIpc) is 2.78. The van der Waals surface area contributed by atoms with E-state index in [0.29, 0.717) is 30.6 Å². The number of nitrogens with zero attached hydrogens (tertiary/aromatic N) is 1. The number of sulfonamides is 1. The van der Waals surface area contributed by atoms with Crippen LogP contribution in [0.1, 0.15) is 28.9 Å². The highest BCUT2D eigenvalue weighted by atomic mass is 32.2. The van der Waals surface area contributed by atoms with E-state index >= 15 is 0 Å². The zero-order valence-electron chi connectivity index (χ0n) is 9.42. The van der Waals surface area contributed by atoms with Gasteiger partial charge in [0.05, 0.1) is 6.07 Å². The fourth-order valence-corrected chi connectivity index (χ4v) is 3.45. The maximum absolute atomic E-state index is 11.7. The molecule has 0 aliphatic rings. The minimum Gasteiger partial charge on any atom is -0.477 e. The molecule has 8 heteroatoms. The standard InChI is InChI=1S/C10H12N2O4S2/c11-6-2-1-3-7-12-18(15,16)9-5-4-8(17-9)10(13)14/h4-5,12H,1-3,7H2,(H,13,14). The summed E-state index contributed by atoms with van der Waals surface area (Å²) in [6, 6.07) is 4.50. The van der Waals surface area contributed by atoms with E-state index in [-0.39, 0.29) is 15.6 Å². The third kappa shape index (κ3) is 4.10. The molecular formula is C10H12N2O4S2. The zero-order valence-corrected chi connectivity index (χ0v) is 11.1. The van der Waals surface area contributed by atoms with E-state index in [1.54, 1.807) is 0 Å². The monoisotopic (exact) mass is 288 g/mol. The van der Waals surface area contributed by atoms with Crippen molar-refractivity contribution in [3.05, 3.63) is 17.0 Å². The summed E-state index contributed by atoms with van der Waals surface area (Å²) < 4.78 is 25.8. The Morgan fingerprint density at radius 3 is 2.72 bits per heavy atom. The molecule has 0 bridgehead atoms. The van der Waals surface area contributed by atoms with Gasteiger partial charge >= 0.3 is 5.97 Å². The molecule has 0 amide bonds. The fraction of sp³-hybridized carbons (Fsp3) is 0.400. The summed E-state index contributed by atoms with van der Waals surface area (Å²) in [4.78, 5) is 10.6. The molecule has 6 nitrogen and oxygen atoms in total. The van der Waals surface area contributed by atoms with Crippen molar-refractivity contribution in [2.45, 2.75) is 23.5 Å². The summed E-state index contributed by atoms with van der Waals surface area (Å²) >= 11 is 0.714. The fourth-order valence-electron chi connectivity index (χ4n) is 1.19. The van der Waals surface area contributed by atoms with Crippen LogP contribution in [0.25, 0.3) is 0 Å². The van der Waals surface area contributed by atoms with Crippen LogP contribution in [0.15, 0.2) is 16.3 Å². The Kier molecular flexibility index (Phi) is 5.27. The maximum Gasteiger partial charge on any atom is 0.345 e. The van der Waals surface area contributed by atoms with Gasteiger partial charge in [-0.2, -0.15) is 5.26 Å². The number of carbonyl (C=O) groups is 1. The van der Waals surface area contributed by atoms with Crippen LogP contribution < -0.4 is 4.72 Å². The van der Waals surface area contributed by atoms with Gasteiger partial charge in [0, 0.05) is 13.0 Å². The van der Waals surface area contributed by atoms with E-state index in [9.17, 15) is 13.2 Å². The summed E-state index contributed by atoms with van der Waals surface area (Å²) in [6.45, 7) is 0.240. The van der Waals surface area contributed by atoms with Crippen molar-refractivity contribution in [1.82, 2.24) is 4.72 Å². The van der Waals surface area contributed by atoms with Gasteiger partial charge in [-0.15, -0.1) is 11.3 Å². The van der Waals surface area contributed by atoms with Crippen LogP contribution >= 0.6 is 11.3 Å². The predicted molar refractivity (Wildman–Crippen MR) is 65.9 cm³/mol. The van der Waals surface area contributed by atoms with Gasteiger partial charge in [-0.05, 0) is 25.0 Å².